The van der Waals surface area contributed by atoms with Gasteiger partial charge in [-0.25, -0.2) is 5.43 Å². The second kappa shape index (κ2) is 8.54. The molecule has 0 bridgehead atoms. The minimum Gasteiger partial charge on any atom is -0.378 e. The molecule has 0 atom stereocenters. The van der Waals surface area contributed by atoms with Crippen LogP contribution in [0.3, 0.4) is 0 Å². The van der Waals surface area contributed by atoms with Crippen molar-refractivity contribution in [1.82, 2.24) is 10.7 Å². The lowest BCUT2D eigenvalue weighted by Crippen LogP contribution is -2.38. The number of benzene rings is 1. The predicted molar refractivity (Wildman–Crippen MR) is 91.4 cm³/mol. The third kappa shape index (κ3) is 5.48. The van der Waals surface area contributed by atoms with Gasteiger partial charge in [0.15, 0.2) is 0 Å². The Morgan fingerprint density at radius 1 is 1.23 bits per heavy atom. The molecule has 0 saturated heterocycles. The Hall–Kier alpha value is -1.88. The van der Waals surface area contributed by atoms with Crippen molar-refractivity contribution in [2.24, 2.45) is 5.10 Å². The Labute approximate surface area is 132 Å². The summed E-state index contributed by atoms with van der Waals surface area (Å²) in [6.07, 6.45) is 7.86. The lowest BCUT2D eigenvalue weighted by atomic mass is 9.95. The first kappa shape index (κ1) is 16.5. The van der Waals surface area contributed by atoms with Crippen molar-refractivity contribution in [3.63, 3.8) is 0 Å². The maximum absolute atomic E-state index is 11.7. The highest BCUT2D eigenvalue weighted by Crippen LogP contribution is 2.16. The van der Waals surface area contributed by atoms with Crippen molar-refractivity contribution < 1.29 is 4.79 Å². The zero-order valence-electron chi connectivity index (χ0n) is 13.5. The molecule has 1 aliphatic carbocycles. The van der Waals surface area contributed by atoms with Crippen LogP contribution in [0, 0.1) is 0 Å². The van der Waals surface area contributed by atoms with Gasteiger partial charge in [0.2, 0.25) is 0 Å². The van der Waals surface area contributed by atoms with Crippen molar-refractivity contribution in [3.05, 3.63) is 29.8 Å². The molecule has 1 aromatic carbocycles. The van der Waals surface area contributed by atoms with E-state index in [1.807, 2.05) is 43.3 Å². The van der Waals surface area contributed by atoms with Crippen molar-refractivity contribution in [2.45, 2.75) is 38.1 Å². The molecule has 1 aromatic rings. The second-order valence-electron chi connectivity index (χ2n) is 5.99. The largest absolute Gasteiger partial charge is 0.378 e. The Kier molecular flexibility index (Phi) is 6.40. The molecule has 1 aliphatic rings. The van der Waals surface area contributed by atoms with Gasteiger partial charge in [0.05, 0.1) is 12.8 Å². The number of hydrazone groups is 1. The number of hydrogen-bond donors (Lipinski definition) is 2. The highest BCUT2D eigenvalue weighted by molar-refractivity contribution is 5.83. The van der Waals surface area contributed by atoms with Gasteiger partial charge in [0, 0.05) is 25.8 Å². The molecule has 0 unspecified atom stereocenters. The van der Waals surface area contributed by atoms with Gasteiger partial charge in [0.25, 0.3) is 5.91 Å². The highest BCUT2D eigenvalue weighted by atomic mass is 16.2. The number of anilines is 1. The Morgan fingerprint density at radius 2 is 1.91 bits per heavy atom. The number of hydrogen-bond acceptors (Lipinski definition) is 4. The van der Waals surface area contributed by atoms with Gasteiger partial charge >= 0.3 is 0 Å². The van der Waals surface area contributed by atoms with E-state index in [4.69, 9.17) is 0 Å². The summed E-state index contributed by atoms with van der Waals surface area (Å²) in [5, 5.41) is 7.30. The minimum atomic E-state index is -0.0910. The maximum atomic E-state index is 11.7. The monoisotopic (exact) mass is 302 g/mol. The minimum absolute atomic E-state index is 0.0910. The lowest BCUT2D eigenvalue weighted by molar-refractivity contribution is -0.120. The maximum Gasteiger partial charge on any atom is 0.254 e. The summed E-state index contributed by atoms with van der Waals surface area (Å²) in [7, 11) is 4.01. The van der Waals surface area contributed by atoms with E-state index in [9.17, 15) is 4.79 Å². The van der Waals surface area contributed by atoms with Crippen LogP contribution in [0.4, 0.5) is 5.69 Å². The molecule has 1 saturated carbocycles. The van der Waals surface area contributed by atoms with Crippen molar-refractivity contribution in [1.29, 1.82) is 0 Å². The number of rotatable bonds is 6. The van der Waals surface area contributed by atoms with Crippen LogP contribution in [0.2, 0.25) is 0 Å². The summed E-state index contributed by atoms with van der Waals surface area (Å²) >= 11 is 0. The first-order valence-corrected chi connectivity index (χ1v) is 7.98. The SMILES string of the molecule is CN(C)c1ccc(/C=N\NC(=O)CNC2CCCCC2)cc1. The summed E-state index contributed by atoms with van der Waals surface area (Å²) in [4.78, 5) is 13.8. The molecule has 1 fully saturated rings. The smallest absolute Gasteiger partial charge is 0.254 e. The Bertz CT molecular complexity index is 490. The van der Waals surface area contributed by atoms with Crippen LogP contribution in [0.25, 0.3) is 0 Å². The number of nitrogens with zero attached hydrogens (tertiary/aromatic N) is 2. The van der Waals surface area contributed by atoms with Crippen LogP contribution >= 0.6 is 0 Å². The molecule has 1 amide bonds. The second-order valence-corrected chi connectivity index (χ2v) is 5.99. The Balaban J connectivity index is 1.70. The summed E-state index contributed by atoms with van der Waals surface area (Å²) in [6, 6.07) is 8.49. The quantitative estimate of drug-likeness (QED) is 0.625. The van der Waals surface area contributed by atoms with Crippen LogP contribution in [-0.2, 0) is 4.79 Å². The van der Waals surface area contributed by atoms with Gasteiger partial charge in [-0.1, -0.05) is 31.4 Å². The van der Waals surface area contributed by atoms with Gasteiger partial charge < -0.3 is 10.2 Å². The van der Waals surface area contributed by atoms with Gasteiger partial charge in [0.1, 0.15) is 0 Å². The van der Waals surface area contributed by atoms with Crippen molar-refractivity contribution in [3.8, 4) is 0 Å². The van der Waals surface area contributed by atoms with E-state index in [1.54, 1.807) is 6.21 Å². The standard InChI is InChI=1S/C17H26N4O/c1-21(2)16-10-8-14(9-11-16)12-19-20-17(22)13-18-15-6-4-3-5-7-15/h8-12,15,18H,3-7,13H2,1-2H3,(H,20,22)/b19-12-. The summed E-state index contributed by atoms with van der Waals surface area (Å²) in [5.41, 5.74) is 4.67. The van der Waals surface area contributed by atoms with Gasteiger partial charge in [-0.05, 0) is 30.5 Å². The molecule has 2 rings (SSSR count). The van der Waals surface area contributed by atoms with Crippen LogP contribution < -0.4 is 15.6 Å². The van der Waals surface area contributed by atoms with Crippen molar-refractivity contribution in [2.75, 3.05) is 25.5 Å². The molecule has 2 N–H and O–H groups in total. The average molecular weight is 302 g/mol. The van der Waals surface area contributed by atoms with Crippen LogP contribution in [0.15, 0.2) is 29.4 Å². The normalized spacial score (nSPS) is 15.9. The number of amides is 1. The van der Waals surface area contributed by atoms with E-state index in [-0.39, 0.29) is 5.91 Å². The first-order chi connectivity index (χ1) is 10.6. The van der Waals surface area contributed by atoms with Crippen LogP contribution in [0.5, 0.6) is 0 Å². The molecule has 5 heteroatoms. The predicted octanol–water partition coefficient (Wildman–Crippen LogP) is 2.12. The third-order valence-electron chi connectivity index (χ3n) is 3.97. The number of nitrogens with one attached hydrogen (secondary N) is 2. The number of carbonyl (C=O) groups excluding carboxylic acids is 1. The van der Waals surface area contributed by atoms with E-state index in [0.29, 0.717) is 12.6 Å². The molecule has 0 aliphatic heterocycles. The number of carbonyl (C=O) groups is 1. The summed E-state index contributed by atoms with van der Waals surface area (Å²) in [6.45, 7) is 0.335. The molecular formula is C17H26N4O. The molecule has 5 nitrogen and oxygen atoms in total. The van der Waals surface area contributed by atoms with Crippen LogP contribution in [-0.4, -0.2) is 38.8 Å². The Morgan fingerprint density at radius 3 is 2.55 bits per heavy atom. The van der Waals surface area contributed by atoms with Crippen molar-refractivity contribution >= 4 is 17.8 Å². The van der Waals surface area contributed by atoms with Gasteiger partial charge in [-0.3, -0.25) is 4.79 Å². The molecular weight excluding hydrogens is 276 g/mol. The fraction of sp³-hybridized carbons (Fsp3) is 0.529. The van der Waals surface area contributed by atoms with Gasteiger partial charge in [-0.2, -0.15) is 5.10 Å². The van der Waals surface area contributed by atoms with Gasteiger partial charge in [-0.15, -0.1) is 0 Å². The summed E-state index contributed by atoms with van der Waals surface area (Å²) in [5.74, 6) is -0.0910. The first-order valence-electron chi connectivity index (χ1n) is 7.98. The van der Waals surface area contributed by atoms with Crippen LogP contribution in [0.1, 0.15) is 37.7 Å². The zero-order chi connectivity index (χ0) is 15.8. The highest BCUT2D eigenvalue weighted by Gasteiger charge is 2.13. The van der Waals surface area contributed by atoms with E-state index in [1.165, 1.54) is 32.1 Å². The molecule has 22 heavy (non-hydrogen) atoms. The molecule has 0 aromatic heterocycles. The zero-order valence-corrected chi connectivity index (χ0v) is 13.5. The average Bonchev–Trinajstić information content (AvgIpc) is 2.54. The molecule has 120 valence electrons. The molecule has 0 spiro atoms. The van der Waals surface area contributed by atoms with E-state index >= 15 is 0 Å². The topological polar surface area (TPSA) is 56.7 Å². The lowest BCUT2D eigenvalue weighted by Gasteiger charge is -2.22. The molecule has 0 radical (unpaired) electrons. The fourth-order valence-electron chi connectivity index (χ4n) is 2.62. The van der Waals surface area contributed by atoms with E-state index in [0.717, 1.165) is 11.3 Å². The third-order valence-corrected chi connectivity index (χ3v) is 3.97. The van der Waals surface area contributed by atoms with E-state index < -0.39 is 0 Å². The van der Waals surface area contributed by atoms with E-state index in [2.05, 4.69) is 15.8 Å². The molecule has 0 heterocycles. The fourth-order valence-corrected chi connectivity index (χ4v) is 2.62. The summed E-state index contributed by atoms with van der Waals surface area (Å²) < 4.78 is 0.